The maximum absolute atomic E-state index is 7.12. The fourth-order valence-electron chi connectivity index (χ4n) is 12.3. The van der Waals surface area contributed by atoms with Crippen molar-refractivity contribution in [2.75, 3.05) is 14.7 Å². The molecule has 7 heteroatoms. The van der Waals surface area contributed by atoms with Crippen LogP contribution in [0.2, 0.25) is 0 Å². The molecule has 2 aromatic heterocycles. The number of furan rings is 2. The quantitative estimate of drug-likeness (QED) is 0.148. The lowest BCUT2D eigenvalue weighted by Gasteiger charge is -2.40. The zero-order valence-corrected chi connectivity index (χ0v) is 41.3. The molecule has 0 aliphatic carbocycles. The maximum Gasteiger partial charge on any atom is 0.256 e. The number of nitrogens with zero attached hydrogens (tertiary/aromatic N) is 3. The van der Waals surface area contributed by atoms with Crippen molar-refractivity contribution in [3.8, 4) is 11.5 Å². The molecular weight excluding hydrogens is 930 g/mol. The van der Waals surface area contributed by atoms with Crippen LogP contribution in [-0.4, -0.2) is 6.71 Å². The monoisotopic (exact) mass is 973 g/mol. The molecule has 0 bridgehead atoms. The molecule has 14 aromatic rings. The number of rotatable bonds is 7. The highest BCUT2D eigenvalue weighted by atomic mass is 16.5. The first kappa shape index (κ1) is 42.5. The van der Waals surface area contributed by atoms with E-state index in [4.69, 9.17) is 13.6 Å². The van der Waals surface area contributed by atoms with Crippen LogP contribution < -0.4 is 35.8 Å². The SMILES string of the molecule is Cc1ccccc1N1c2cc3c(cc2B2c4cc5oc6c7ccc(N(c8ccccc8)c8ccccc8)cc7ccc6c5cc4Oc4cccc1c42)oc1c2ccc(N(c4ccccc4)c4ccccc4)cc2ccc31. The van der Waals surface area contributed by atoms with E-state index in [0.717, 1.165) is 144 Å². The predicted molar refractivity (Wildman–Crippen MR) is 316 cm³/mol. The Kier molecular flexibility index (Phi) is 9.24. The zero-order chi connectivity index (χ0) is 50.0. The second-order valence-corrected chi connectivity index (χ2v) is 20.1. The molecule has 0 saturated heterocycles. The van der Waals surface area contributed by atoms with Crippen molar-refractivity contribution >= 4 is 140 Å². The molecule has 0 N–H and O–H groups in total. The molecule has 6 nitrogen and oxygen atoms in total. The minimum absolute atomic E-state index is 0.178. The topological polar surface area (TPSA) is 45.2 Å². The van der Waals surface area contributed by atoms with Crippen LogP contribution >= 0.6 is 0 Å². The smallest absolute Gasteiger partial charge is 0.256 e. The molecule has 12 aromatic carbocycles. The largest absolute Gasteiger partial charge is 0.458 e. The molecule has 2 aliphatic heterocycles. The second kappa shape index (κ2) is 16.5. The average Bonchev–Trinajstić information content (AvgIpc) is 4.17. The Hall–Kier alpha value is -9.98. The lowest BCUT2D eigenvalue weighted by molar-refractivity contribution is 0.488. The number of fused-ring (bicyclic) bond motifs is 14. The summed E-state index contributed by atoms with van der Waals surface area (Å²) in [5.74, 6) is 1.67. The van der Waals surface area contributed by atoms with E-state index in [-0.39, 0.29) is 6.71 Å². The van der Waals surface area contributed by atoms with E-state index >= 15 is 0 Å². The molecule has 0 spiro atoms. The normalized spacial score (nSPS) is 12.6. The molecule has 4 heterocycles. The van der Waals surface area contributed by atoms with E-state index in [1.807, 2.05) is 0 Å². The molecule has 0 radical (unpaired) electrons. The fourth-order valence-corrected chi connectivity index (χ4v) is 12.3. The van der Waals surface area contributed by atoms with Gasteiger partial charge in [-0.15, -0.1) is 0 Å². The first-order chi connectivity index (χ1) is 37.6. The predicted octanol–water partition coefficient (Wildman–Crippen LogP) is 17.4. The maximum atomic E-state index is 7.12. The van der Waals surface area contributed by atoms with Gasteiger partial charge in [-0.1, -0.05) is 109 Å². The molecule has 0 fully saturated rings. The number of aryl methyl sites for hydroxylation is 1. The van der Waals surface area contributed by atoms with Crippen molar-refractivity contribution in [2.45, 2.75) is 6.92 Å². The third-order valence-electron chi connectivity index (χ3n) is 15.7. The standard InChI is InChI=1S/C69H44BN3O3/c1-43-17-14-15-26-60(43)73-61-27-16-28-63-67(61)70(58-41-64-56(39-62(58)73)54-33-29-44-37-50(31-35-52(44)68(54)75-64)71(46-18-6-2-7-19-46)47-20-8-3-9-21-47)59-42-65-57(40-66(59)74-63)55-34-30-45-38-51(32-36-53(45)69(55)76-65)72(48-22-10-4-11-23-48)49-24-12-5-13-25-49/h2-42H,1H3. The molecule has 356 valence electrons. The summed E-state index contributed by atoms with van der Waals surface area (Å²) >= 11 is 0. The summed E-state index contributed by atoms with van der Waals surface area (Å²) in [5, 5.41) is 8.54. The van der Waals surface area contributed by atoms with Gasteiger partial charge in [-0.25, -0.2) is 0 Å². The van der Waals surface area contributed by atoms with E-state index in [2.05, 4.69) is 270 Å². The highest BCUT2D eigenvalue weighted by Gasteiger charge is 2.43. The number of hydrogen-bond donors (Lipinski definition) is 0. The molecule has 16 rings (SSSR count). The summed E-state index contributed by atoms with van der Waals surface area (Å²) in [7, 11) is 0. The van der Waals surface area contributed by atoms with Gasteiger partial charge in [0.25, 0.3) is 6.71 Å². The second-order valence-electron chi connectivity index (χ2n) is 20.1. The third-order valence-corrected chi connectivity index (χ3v) is 15.7. The Bertz CT molecular complexity index is 4570. The fraction of sp³-hybridized carbons (Fsp3) is 0.0145. The Morgan fingerprint density at radius 2 is 0.816 bits per heavy atom. The van der Waals surface area contributed by atoms with Crippen LogP contribution in [0.1, 0.15) is 5.56 Å². The number of ether oxygens (including phenoxy) is 1. The van der Waals surface area contributed by atoms with Crippen molar-refractivity contribution < 1.29 is 13.6 Å². The Labute approximate surface area is 438 Å². The molecule has 0 saturated carbocycles. The molecule has 76 heavy (non-hydrogen) atoms. The summed E-state index contributed by atoms with van der Waals surface area (Å²) in [5.41, 5.74) is 17.7. The summed E-state index contributed by atoms with van der Waals surface area (Å²) in [6.45, 7) is 2.01. The van der Waals surface area contributed by atoms with Gasteiger partial charge in [-0.05, 0) is 179 Å². The van der Waals surface area contributed by atoms with Gasteiger partial charge >= 0.3 is 0 Å². The van der Waals surface area contributed by atoms with Gasteiger partial charge < -0.3 is 28.3 Å². The number of para-hydroxylation sites is 5. The van der Waals surface area contributed by atoms with Crippen LogP contribution in [-0.2, 0) is 0 Å². The van der Waals surface area contributed by atoms with Crippen LogP contribution in [0.4, 0.5) is 51.2 Å². The summed E-state index contributed by atoms with van der Waals surface area (Å²) in [4.78, 5) is 7.03. The molecule has 0 amide bonds. The minimum atomic E-state index is -0.178. The van der Waals surface area contributed by atoms with Crippen molar-refractivity contribution in [1.29, 1.82) is 0 Å². The first-order valence-electron chi connectivity index (χ1n) is 25.9. The Morgan fingerprint density at radius 3 is 1.36 bits per heavy atom. The average molecular weight is 974 g/mol. The van der Waals surface area contributed by atoms with E-state index < -0.39 is 0 Å². The van der Waals surface area contributed by atoms with E-state index in [9.17, 15) is 0 Å². The van der Waals surface area contributed by atoms with Crippen molar-refractivity contribution in [2.24, 2.45) is 0 Å². The lowest BCUT2D eigenvalue weighted by Crippen LogP contribution is -2.59. The van der Waals surface area contributed by atoms with Crippen LogP contribution in [0.25, 0.3) is 65.4 Å². The first-order valence-corrected chi connectivity index (χ1v) is 25.9. The molecule has 0 unspecified atom stereocenters. The molecule has 0 atom stereocenters. The van der Waals surface area contributed by atoms with Gasteiger partial charge in [-0.2, -0.15) is 0 Å². The Morgan fingerprint density at radius 1 is 0.342 bits per heavy atom. The summed E-state index contributed by atoms with van der Waals surface area (Å²) in [6, 6.07) is 88.6. The number of anilines is 9. The van der Waals surface area contributed by atoms with E-state index in [1.54, 1.807) is 0 Å². The number of hydrogen-bond acceptors (Lipinski definition) is 6. The Balaban J connectivity index is 0.865. The third kappa shape index (κ3) is 6.42. The van der Waals surface area contributed by atoms with Gasteiger partial charge in [0.2, 0.25) is 0 Å². The van der Waals surface area contributed by atoms with E-state index in [0.29, 0.717) is 0 Å². The van der Waals surface area contributed by atoms with Gasteiger partial charge in [0.05, 0.1) is 0 Å². The summed E-state index contributed by atoms with van der Waals surface area (Å²) < 4.78 is 21.2. The molecule has 2 aliphatic rings. The highest BCUT2D eigenvalue weighted by Crippen LogP contribution is 2.47. The van der Waals surface area contributed by atoms with E-state index in [1.165, 1.54) is 5.56 Å². The molecular formula is C69H44BN3O3. The van der Waals surface area contributed by atoms with Crippen molar-refractivity contribution in [3.63, 3.8) is 0 Å². The van der Waals surface area contributed by atoms with Crippen molar-refractivity contribution in [1.82, 2.24) is 0 Å². The highest BCUT2D eigenvalue weighted by molar-refractivity contribution is 6.99. The van der Waals surface area contributed by atoms with Gasteiger partial charge in [0.1, 0.15) is 33.8 Å². The van der Waals surface area contributed by atoms with Gasteiger partial charge in [0.15, 0.2) is 0 Å². The van der Waals surface area contributed by atoms with Gasteiger partial charge in [-0.3, -0.25) is 0 Å². The summed E-state index contributed by atoms with van der Waals surface area (Å²) in [6.07, 6.45) is 0. The van der Waals surface area contributed by atoms with Gasteiger partial charge in [0, 0.05) is 83.5 Å². The van der Waals surface area contributed by atoms with Crippen LogP contribution in [0.3, 0.4) is 0 Å². The van der Waals surface area contributed by atoms with Crippen molar-refractivity contribution in [3.05, 3.63) is 254 Å². The zero-order valence-electron chi connectivity index (χ0n) is 41.3. The van der Waals surface area contributed by atoms with Crippen LogP contribution in [0, 0.1) is 6.92 Å². The lowest BCUT2D eigenvalue weighted by atomic mass is 9.34. The minimum Gasteiger partial charge on any atom is -0.458 e. The number of benzene rings is 12. The van der Waals surface area contributed by atoms with Crippen LogP contribution in [0.15, 0.2) is 258 Å². The van der Waals surface area contributed by atoms with Crippen LogP contribution in [0.5, 0.6) is 11.5 Å².